The van der Waals surface area contributed by atoms with Crippen LogP contribution in [0, 0.1) is 0 Å². The Bertz CT molecular complexity index is 288. The molecule has 0 bridgehead atoms. The van der Waals surface area contributed by atoms with E-state index >= 15 is 0 Å². The van der Waals surface area contributed by atoms with Crippen LogP contribution < -0.4 is 10.5 Å². The summed E-state index contributed by atoms with van der Waals surface area (Å²) < 4.78 is 6.26. The summed E-state index contributed by atoms with van der Waals surface area (Å²) in [6, 6.07) is 5.93. The van der Waals surface area contributed by atoms with Crippen LogP contribution in [0.5, 0.6) is 5.75 Å². The van der Waals surface area contributed by atoms with E-state index in [1.807, 2.05) is 18.2 Å². The molecule has 0 aliphatic rings. The summed E-state index contributed by atoms with van der Waals surface area (Å²) in [6.45, 7) is 2.06. The monoisotopic (exact) mass is 243 g/mol. The van der Waals surface area contributed by atoms with Gasteiger partial charge in [-0.3, -0.25) is 0 Å². The third-order valence-corrected chi connectivity index (χ3v) is 2.52. The average molecular weight is 244 g/mol. The third kappa shape index (κ3) is 2.45. The van der Waals surface area contributed by atoms with E-state index in [1.165, 1.54) is 0 Å². The molecule has 0 aromatic heterocycles. The van der Waals surface area contributed by atoms with E-state index in [1.54, 1.807) is 7.11 Å². The standard InChI is InChI=1S/C10H14BrNO/c1-3-9(12)8-6-7(11)4-5-10(8)13-2/h4-6,9H,3,12H2,1-2H3/t9-/m1/s1. The normalized spacial score (nSPS) is 12.6. The smallest absolute Gasteiger partial charge is 0.123 e. The number of rotatable bonds is 3. The molecule has 2 N–H and O–H groups in total. The Kier molecular flexibility index (Phi) is 3.75. The molecule has 1 aromatic carbocycles. The fourth-order valence-electron chi connectivity index (χ4n) is 1.21. The van der Waals surface area contributed by atoms with Gasteiger partial charge in [0.1, 0.15) is 5.75 Å². The van der Waals surface area contributed by atoms with Crippen molar-refractivity contribution in [2.24, 2.45) is 5.73 Å². The van der Waals surface area contributed by atoms with E-state index in [4.69, 9.17) is 10.5 Å². The van der Waals surface area contributed by atoms with Gasteiger partial charge in [0.25, 0.3) is 0 Å². The molecule has 0 fully saturated rings. The molecular formula is C10H14BrNO. The largest absolute Gasteiger partial charge is 0.496 e. The van der Waals surface area contributed by atoms with Crippen LogP contribution in [0.25, 0.3) is 0 Å². The summed E-state index contributed by atoms with van der Waals surface area (Å²) >= 11 is 3.41. The van der Waals surface area contributed by atoms with Crippen LogP contribution >= 0.6 is 15.9 Å². The Morgan fingerprint density at radius 3 is 2.77 bits per heavy atom. The lowest BCUT2D eigenvalue weighted by molar-refractivity contribution is 0.405. The first-order valence-electron chi connectivity index (χ1n) is 4.28. The molecule has 2 nitrogen and oxygen atoms in total. The molecule has 0 saturated carbocycles. The molecule has 1 rings (SSSR count). The van der Waals surface area contributed by atoms with Gasteiger partial charge in [-0.25, -0.2) is 0 Å². The molecule has 3 heteroatoms. The highest BCUT2D eigenvalue weighted by Crippen LogP contribution is 2.28. The third-order valence-electron chi connectivity index (χ3n) is 2.03. The summed E-state index contributed by atoms with van der Waals surface area (Å²) in [5.41, 5.74) is 6.99. The van der Waals surface area contributed by atoms with E-state index in [9.17, 15) is 0 Å². The molecule has 1 atom stereocenters. The number of nitrogens with two attached hydrogens (primary N) is 1. The van der Waals surface area contributed by atoms with Crippen molar-refractivity contribution in [1.29, 1.82) is 0 Å². The molecule has 0 aliphatic carbocycles. The second-order valence-electron chi connectivity index (χ2n) is 2.90. The zero-order valence-electron chi connectivity index (χ0n) is 7.88. The van der Waals surface area contributed by atoms with Gasteiger partial charge in [-0.2, -0.15) is 0 Å². The minimum absolute atomic E-state index is 0.0486. The summed E-state index contributed by atoms with van der Waals surface area (Å²) in [5.74, 6) is 0.859. The van der Waals surface area contributed by atoms with Crippen molar-refractivity contribution in [3.05, 3.63) is 28.2 Å². The van der Waals surface area contributed by atoms with Crippen molar-refractivity contribution < 1.29 is 4.74 Å². The van der Waals surface area contributed by atoms with Crippen molar-refractivity contribution in [3.8, 4) is 5.75 Å². The highest BCUT2D eigenvalue weighted by atomic mass is 79.9. The molecule has 0 aliphatic heterocycles. The maximum Gasteiger partial charge on any atom is 0.123 e. The molecule has 1 aromatic rings. The molecule has 72 valence electrons. The summed E-state index contributed by atoms with van der Waals surface area (Å²) in [4.78, 5) is 0. The second kappa shape index (κ2) is 4.63. The molecule has 0 saturated heterocycles. The minimum atomic E-state index is 0.0486. The van der Waals surface area contributed by atoms with Crippen LogP contribution in [-0.2, 0) is 0 Å². The highest BCUT2D eigenvalue weighted by Gasteiger charge is 2.09. The van der Waals surface area contributed by atoms with Crippen molar-refractivity contribution >= 4 is 15.9 Å². The van der Waals surface area contributed by atoms with Crippen LogP contribution in [0.1, 0.15) is 24.9 Å². The predicted molar refractivity (Wildman–Crippen MR) is 57.9 cm³/mol. The lowest BCUT2D eigenvalue weighted by atomic mass is 10.0. The number of ether oxygens (including phenoxy) is 1. The van der Waals surface area contributed by atoms with Crippen molar-refractivity contribution in [1.82, 2.24) is 0 Å². The summed E-state index contributed by atoms with van der Waals surface area (Å²) in [5, 5.41) is 0. The Labute approximate surface area is 87.2 Å². The van der Waals surface area contributed by atoms with Crippen molar-refractivity contribution in [3.63, 3.8) is 0 Å². The Balaban J connectivity index is 3.07. The number of benzene rings is 1. The zero-order chi connectivity index (χ0) is 9.84. The average Bonchev–Trinajstić information content (AvgIpc) is 2.16. The van der Waals surface area contributed by atoms with Crippen LogP contribution in [0.4, 0.5) is 0 Å². The Hall–Kier alpha value is -0.540. The van der Waals surface area contributed by atoms with Gasteiger partial charge < -0.3 is 10.5 Å². The molecule has 0 heterocycles. The lowest BCUT2D eigenvalue weighted by Gasteiger charge is -2.14. The quantitative estimate of drug-likeness (QED) is 0.887. The first-order valence-corrected chi connectivity index (χ1v) is 5.07. The predicted octanol–water partition coefficient (Wildman–Crippen LogP) is 2.87. The Morgan fingerprint density at radius 2 is 2.23 bits per heavy atom. The Morgan fingerprint density at radius 1 is 1.54 bits per heavy atom. The SMILES string of the molecule is CC[C@@H](N)c1cc(Br)ccc1OC. The minimum Gasteiger partial charge on any atom is -0.496 e. The van der Waals surface area contributed by atoms with Crippen LogP contribution in [-0.4, -0.2) is 7.11 Å². The topological polar surface area (TPSA) is 35.2 Å². The molecule has 0 radical (unpaired) electrons. The van der Waals surface area contributed by atoms with E-state index in [-0.39, 0.29) is 6.04 Å². The fraction of sp³-hybridized carbons (Fsp3) is 0.400. The summed E-state index contributed by atoms with van der Waals surface area (Å²) in [7, 11) is 1.66. The molecular weight excluding hydrogens is 230 g/mol. The van der Waals surface area contributed by atoms with Gasteiger partial charge in [0.15, 0.2) is 0 Å². The van der Waals surface area contributed by atoms with E-state index < -0.39 is 0 Å². The molecule has 0 amide bonds. The number of methoxy groups -OCH3 is 1. The van der Waals surface area contributed by atoms with Crippen molar-refractivity contribution in [2.45, 2.75) is 19.4 Å². The van der Waals surface area contributed by atoms with E-state index in [0.29, 0.717) is 0 Å². The summed E-state index contributed by atoms with van der Waals surface area (Å²) in [6.07, 6.45) is 0.910. The lowest BCUT2D eigenvalue weighted by Crippen LogP contribution is -2.10. The van der Waals surface area contributed by atoms with Crippen molar-refractivity contribution in [2.75, 3.05) is 7.11 Å². The second-order valence-corrected chi connectivity index (χ2v) is 3.82. The first-order chi connectivity index (χ1) is 6.19. The van der Waals surface area contributed by atoms with Gasteiger partial charge in [0.05, 0.1) is 7.11 Å². The maximum atomic E-state index is 5.94. The van der Waals surface area contributed by atoms with Gasteiger partial charge in [0, 0.05) is 16.1 Å². The first kappa shape index (κ1) is 10.5. The number of halogens is 1. The number of hydrogen-bond acceptors (Lipinski definition) is 2. The van der Waals surface area contributed by atoms with Gasteiger partial charge in [0.2, 0.25) is 0 Å². The highest BCUT2D eigenvalue weighted by molar-refractivity contribution is 9.10. The number of hydrogen-bond donors (Lipinski definition) is 1. The van der Waals surface area contributed by atoms with Gasteiger partial charge in [-0.1, -0.05) is 22.9 Å². The molecule has 0 spiro atoms. The fourth-order valence-corrected chi connectivity index (χ4v) is 1.59. The van der Waals surface area contributed by atoms with Crippen LogP contribution in [0.3, 0.4) is 0 Å². The van der Waals surface area contributed by atoms with Gasteiger partial charge in [-0.05, 0) is 24.6 Å². The molecule has 0 unspecified atom stereocenters. The van der Waals surface area contributed by atoms with Gasteiger partial charge >= 0.3 is 0 Å². The van der Waals surface area contributed by atoms with E-state index in [2.05, 4.69) is 22.9 Å². The van der Waals surface area contributed by atoms with E-state index in [0.717, 1.165) is 22.2 Å². The van der Waals surface area contributed by atoms with Crippen LogP contribution in [0.2, 0.25) is 0 Å². The van der Waals surface area contributed by atoms with Crippen LogP contribution in [0.15, 0.2) is 22.7 Å². The maximum absolute atomic E-state index is 5.94. The van der Waals surface area contributed by atoms with Gasteiger partial charge in [-0.15, -0.1) is 0 Å². The molecule has 13 heavy (non-hydrogen) atoms. The zero-order valence-corrected chi connectivity index (χ0v) is 9.47.